The Morgan fingerprint density at radius 1 is 1.21 bits per heavy atom. The number of aromatic amines is 1. The first kappa shape index (κ1) is 24.7. The van der Waals surface area contributed by atoms with Gasteiger partial charge in [0.05, 0.1) is 17.8 Å². The minimum absolute atomic E-state index is 0. The molecule has 0 saturated carbocycles. The van der Waals surface area contributed by atoms with Crippen LogP contribution in [0.2, 0.25) is 0 Å². The summed E-state index contributed by atoms with van der Waals surface area (Å²) >= 11 is 0. The fourth-order valence-electron chi connectivity index (χ4n) is 4.64. The van der Waals surface area contributed by atoms with Gasteiger partial charge in [0.2, 0.25) is 0 Å². The molecule has 0 aromatic carbocycles. The third-order valence-corrected chi connectivity index (χ3v) is 6.60. The minimum Gasteiger partial charge on any atom is -0.318 e. The van der Waals surface area contributed by atoms with E-state index in [1.54, 1.807) is 24.4 Å². The summed E-state index contributed by atoms with van der Waals surface area (Å²) in [5.74, 6) is 0.451. The molecule has 0 aliphatic carbocycles. The second-order valence-electron chi connectivity index (χ2n) is 10.2. The number of carbonyl (C=O) groups is 2. The van der Waals surface area contributed by atoms with E-state index in [1.807, 2.05) is 23.6 Å². The molecule has 1 atom stereocenters. The van der Waals surface area contributed by atoms with Crippen molar-refractivity contribution >= 4 is 17.8 Å². The van der Waals surface area contributed by atoms with Crippen LogP contribution < -0.4 is 10.6 Å². The number of carbonyl (C=O) groups excluding carboxylic acids is 2. The van der Waals surface area contributed by atoms with Gasteiger partial charge in [-0.25, -0.2) is 4.79 Å². The van der Waals surface area contributed by atoms with Gasteiger partial charge in [-0.15, -0.1) is 0 Å². The molecule has 2 aliphatic heterocycles. The van der Waals surface area contributed by atoms with Crippen LogP contribution >= 0.6 is 0 Å². The molecular formula is C24H37N7O2. The summed E-state index contributed by atoms with van der Waals surface area (Å²) in [7, 11) is 0. The van der Waals surface area contributed by atoms with Gasteiger partial charge in [-0.3, -0.25) is 14.9 Å². The molecule has 9 heteroatoms. The van der Waals surface area contributed by atoms with E-state index >= 15 is 0 Å². The number of urea groups is 1. The highest BCUT2D eigenvalue weighted by Gasteiger charge is 2.48. The smallest absolute Gasteiger partial charge is 0.318 e. The predicted octanol–water partition coefficient (Wildman–Crippen LogP) is 3.57. The van der Waals surface area contributed by atoms with Crippen molar-refractivity contribution in [3.05, 3.63) is 41.3 Å². The maximum absolute atomic E-state index is 13.8. The molecule has 180 valence electrons. The molecule has 3 N–H and O–H groups in total. The zero-order valence-electron chi connectivity index (χ0n) is 19.7. The van der Waals surface area contributed by atoms with Gasteiger partial charge in [-0.05, 0) is 45.7 Å². The van der Waals surface area contributed by atoms with Gasteiger partial charge >= 0.3 is 6.03 Å². The van der Waals surface area contributed by atoms with Crippen molar-refractivity contribution in [2.45, 2.75) is 72.6 Å². The van der Waals surface area contributed by atoms with Crippen LogP contribution in [0.25, 0.3) is 0 Å². The van der Waals surface area contributed by atoms with E-state index in [2.05, 4.69) is 53.5 Å². The summed E-state index contributed by atoms with van der Waals surface area (Å²) in [6, 6.07) is 5.30. The maximum Gasteiger partial charge on any atom is 0.321 e. The van der Waals surface area contributed by atoms with Crippen LogP contribution in [0.4, 0.5) is 10.6 Å². The molecule has 0 spiro atoms. The number of hydrogen-bond acceptors (Lipinski definition) is 5. The highest BCUT2D eigenvalue weighted by molar-refractivity contribution is 6.02. The van der Waals surface area contributed by atoms with Crippen molar-refractivity contribution in [2.75, 3.05) is 18.4 Å². The molecule has 0 radical (unpaired) electrons. The average Bonchev–Trinajstić information content (AvgIpc) is 3.25. The third kappa shape index (κ3) is 4.46. The number of pyridine rings is 1. The van der Waals surface area contributed by atoms with Crippen molar-refractivity contribution in [1.29, 1.82) is 0 Å². The number of aromatic nitrogens is 3. The zero-order chi connectivity index (χ0) is 23.3. The van der Waals surface area contributed by atoms with Crippen molar-refractivity contribution in [2.24, 2.45) is 5.92 Å². The van der Waals surface area contributed by atoms with E-state index in [4.69, 9.17) is 0 Å². The molecule has 0 unspecified atom stereocenters. The van der Waals surface area contributed by atoms with E-state index in [9.17, 15) is 9.59 Å². The number of fused-ring (bicyclic) bond motifs is 1. The van der Waals surface area contributed by atoms with Gasteiger partial charge < -0.3 is 20.4 Å². The first-order chi connectivity index (χ1) is 15.0. The number of nitrogens with one attached hydrogen (secondary N) is 3. The number of piperazine rings is 1. The molecule has 4 rings (SSSR count). The van der Waals surface area contributed by atoms with Crippen LogP contribution in [0.3, 0.4) is 0 Å². The second-order valence-corrected chi connectivity index (χ2v) is 10.2. The topological polar surface area (TPSA) is 106 Å². The maximum atomic E-state index is 13.8. The Bertz CT molecular complexity index is 1010. The summed E-state index contributed by atoms with van der Waals surface area (Å²) in [5.41, 5.74) is 1.27. The van der Waals surface area contributed by atoms with Crippen LogP contribution in [0.5, 0.6) is 0 Å². The Labute approximate surface area is 196 Å². The number of anilines is 1. The molecule has 33 heavy (non-hydrogen) atoms. The van der Waals surface area contributed by atoms with E-state index in [0.717, 1.165) is 17.8 Å². The third-order valence-electron chi connectivity index (χ3n) is 6.60. The summed E-state index contributed by atoms with van der Waals surface area (Å²) in [6.45, 7) is 14.3. The molecule has 2 aromatic rings. The lowest BCUT2D eigenvalue weighted by atomic mass is 9.93. The largest absolute Gasteiger partial charge is 0.321 e. The first-order valence-corrected chi connectivity index (χ1v) is 11.1. The molecule has 1 fully saturated rings. The Kier molecular flexibility index (Phi) is 6.57. The van der Waals surface area contributed by atoms with Crippen molar-refractivity contribution in [1.82, 2.24) is 30.3 Å². The van der Waals surface area contributed by atoms with Crippen LogP contribution in [0.1, 0.15) is 70.7 Å². The Morgan fingerprint density at radius 3 is 2.58 bits per heavy atom. The van der Waals surface area contributed by atoms with Gasteiger partial charge in [-0.2, -0.15) is 5.10 Å². The van der Waals surface area contributed by atoms with Crippen LogP contribution in [-0.4, -0.2) is 61.6 Å². The zero-order valence-corrected chi connectivity index (χ0v) is 19.7. The monoisotopic (exact) mass is 455 g/mol. The Morgan fingerprint density at radius 2 is 1.94 bits per heavy atom. The van der Waals surface area contributed by atoms with E-state index in [-0.39, 0.29) is 30.9 Å². The summed E-state index contributed by atoms with van der Waals surface area (Å²) < 4.78 is 0. The normalized spacial score (nSPS) is 20.9. The number of nitrogens with zero attached hydrogens (tertiary/aromatic N) is 4. The molecule has 4 heterocycles. The molecule has 0 bridgehead atoms. The highest BCUT2D eigenvalue weighted by Crippen LogP contribution is 2.41. The van der Waals surface area contributed by atoms with E-state index < -0.39 is 5.54 Å². The molecule has 1 saturated heterocycles. The van der Waals surface area contributed by atoms with Crippen molar-refractivity contribution in [3.8, 4) is 0 Å². The molecule has 3 amide bonds. The second kappa shape index (κ2) is 8.78. The Hall–Kier alpha value is -2.94. The lowest BCUT2D eigenvalue weighted by Crippen LogP contribution is -2.66. The molecule has 2 aliphatic rings. The Balaban J connectivity index is 0.00000306. The predicted molar refractivity (Wildman–Crippen MR) is 129 cm³/mol. The summed E-state index contributed by atoms with van der Waals surface area (Å²) in [5, 5.41) is 13.8. The summed E-state index contributed by atoms with van der Waals surface area (Å²) in [4.78, 5) is 34.4. The number of rotatable bonds is 3. The quantitative estimate of drug-likeness (QED) is 0.656. The van der Waals surface area contributed by atoms with Gasteiger partial charge in [0.1, 0.15) is 5.69 Å². The highest BCUT2D eigenvalue weighted by atomic mass is 16.2. The number of hydrogen-bond donors (Lipinski definition) is 3. The fourth-order valence-corrected chi connectivity index (χ4v) is 4.64. The van der Waals surface area contributed by atoms with Gasteiger partial charge in [0.15, 0.2) is 5.82 Å². The fraction of sp³-hybridized carbons (Fsp3) is 0.583. The lowest BCUT2D eigenvalue weighted by Gasteiger charge is -2.48. The summed E-state index contributed by atoms with van der Waals surface area (Å²) in [6.07, 6.45) is 1.58. The number of H-pyrrole nitrogens is 1. The van der Waals surface area contributed by atoms with Gasteiger partial charge in [0.25, 0.3) is 5.91 Å². The SMILES string of the molecule is C.CC(C)[C@H]1CNC(C)(C)CN1C(=O)N1Cc2c(NC(=O)c3ccccn3)n[nH]c2C1(C)C. The van der Waals surface area contributed by atoms with Crippen molar-refractivity contribution < 1.29 is 9.59 Å². The van der Waals surface area contributed by atoms with Gasteiger partial charge in [0, 0.05) is 36.4 Å². The van der Waals surface area contributed by atoms with Gasteiger partial charge in [-0.1, -0.05) is 27.3 Å². The standard InChI is InChI=1S/C23H33N7O2.CH4/c1-14(2)17-11-25-22(3,4)13-29(17)21(32)30-12-15-18(23(30,5)6)27-28-19(15)26-20(31)16-9-7-8-10-24-16;/h7-10,14,17,25H,11-13H2,1-6H3,(H2,26,27,28,31);1H4/t17-;/m1./s1. The van der Waals surface area contributed by atoms with Crippen molar-refractivity contribution in [3.63, 3.8) is 0 Å². The van der Waals surface area contributed by atoms with E-state index in [1.165, 1.54) is 0 Å². The van der Waals surface area contributed by atoms with Crippen LogP contribution in [-0.2, 0) is 12.1 Å². The minimum atomic E-state index is -0.579. The first-order valence-electron chi connectivity index (χ1n) is 11.1. The van der Waals surface area contributed by atoms with Crippen LogP contribution in [0, 0.1) is 5.92 Å². The average molecular weight is 456 g/mol. The lowest BCUT2D eigenvalue weighted by molar-refractivity contribution is 0.0492. The van der Waals surface area contributed by atoms with E-state index in [0.29, 0.717) is 30.5 Å². The van der Waals surface area contributed by atoms with Crippen LogP contribution in [0.15, 0.2) is 24.4 Å². The molecule has 2 aromatic heterocycles. The number of amides is 3. The molecule has 9 nitrogen and oxygen atoms in total. The molecular weight excluding hydrogens is 418 g/mol.